The van der Waals surface area contributed by atoms with Gasteiger partial charge in [0.2, 0.25) is 0 Å². The first-order chi connectivity index (χ1) is 16.1. The number of likely N-dealkylation sites (tertiary alicyclic amines) is 1. The summed E-state index contributed by atoms with van der Waals surface area (Å²) >= 11 is 0. The Kier molecular flexibility index (Phi) is 5.64. The van der Waals surface area contributed by atoms with Crippen molar-refractivity contribution in [3.63, 3.8) is 0 Å². The fourth-order valence-corrected chi connectivity index (χ4v) is 4.38. The van der Waals surface area contributed by atoms with Crippen LogP contribution in [-0.4, -0.2) is 49.0 Å². The lowest BCUT2D eigenvalue weighted by molar-refractivity contribution is 0.0712. The number of rotatable bonds is 5. The molecule has 1 aliphatic heterocycles. The third kappa shape index (κ3) is 4.50. The summed E-state index contributed by atoms with van der Waals surface area (Å²) in [6, 6.07) is 11.8. The molecule has 33 heavy (non-hydrogen) atoms. The number of amides is 2. The van der Waals surface area contributed by atoms with Crippen LogP contribution in [0.2, 0.25) is 0 Å². The van der Waals surface area contributed by atoms with Gasteiger partial charge in [-0.2, -0.15) is 5.10 Å². The summed E-state index contributed by atoms with van der Waals surface area (Å²) in [7, 11) is 1.81. The van der Waals surface area contributed by atoms with Gasteiger partial charge >= 0.3 is 0 Å². The number of hydrogen-bond donors (Lipinski definition) is 1. The number of carbonyl (C=O) groups excluding carboxylic acids is 2. The first-order valence-corrected chi connectivity index (χ1v) is 11.1. The SMILES string of the molecule is Cn1cc(C(=O)N2CCC(c3ccc(C(=O)NCc4ccn5ccnc5c4)cc3)CC2)cn1. The highest BCUT2D eigenvalue weighted by Crippen LogP contribution is 2.29. The quantitative estimate of drug-likeness (QED) is 0.515. The first kappa shape index (κ1) is 20.9. The van der Waals surface area contributed by atoms with E-state index in [9.17, 15) is 9.59 Å². The molecule has 0 spiro atoms. The van der Waals surface area contributed by atoms with E-state index in [1.54, 1.807) is 23.3 Å². The Hall–Kier alpha value is -3.94. The Balaban J connectivity index is 1.15. The number of pyridine rings is 1. The Morgan fingerprint density at radius 2 is 1.85 bits per heavy atom. The summed E-state index contributed by atoms with van der Waals surface area (Å²) in [5.74, 6) is 0.337. The maximum Gasteiger partial charge on any atom is 0.257 e. The largest absolute Gasteiger partial charge is 0.348 e. The molecule has 1 saturated heterocycles. The van der Waals surface area contributed by atoms with E-state index in [2.05, 4.69) is 15.4 Å². The summed E-state index contributed by atoms with van der Waals surface area (Å²) in [5, 5.41) is 7.07. The van der Waals surface area contributed by atoms with Crippen molar-refractivity contribution in [2.24, 2.45) is 7.05 Å². The molecule has 1 aliphatic rings. The van der Waals surface area contributed by atoms with Crippen LogP contribution in [-0.2, 0) is 13.6 Å². The van der Waals surface area contributed by atoms with E-state index in [1.165, 1.54) is 5.56 Å². The molecule has 1 N–H and O–H groups in total. The average molecular weight is 443 g/mol. The minimum absolute atomic E-state index is 0.0421. The minimum Gasteiger partial charge on any atom is -0.348 e. The minimum atomic E-state index is -0.0957. The molecule has 8 nitrogen and oxygen atoms in total. The maximum atomic E-state index is 12.6. The molecule has 3 aromatic heterocycles. The van der Waals surface area contributed by atoms with Crippen molar-refractivity contribution in [1.29, 1.82) is 0 Å². The molecule has 0 unspecified atom stereocenters. The standard InChI is InChI=1S/C25H26N6O2/c1-29-17-22(16-28-29)25(33)31-11-7-20(8-12-31)19-2-4-21(5-3-19)24(32)27-15-18-6-10-30-13-9-26-23(30)14-18/h2-6,9-10,13-14,16-17,20H,7-8,11-12,15H2,1H3,(H,27,32). The lowest BCUT2D eigenvalue weighted by Gasteiger charge is -2.32. The molecular weight excluding hydrogens is 416 g/mol. The van der Waals surface area contributed by atoms with Gasteiger partial charge in [-0.1, -0.05) is 12.1 Å². The zero-order chi connectivity index (χ0) is 22.8. The van der Waals surface area contributed by atoms with Crippen molar-refractivity contribution < 1.29 is 9.59 Å². The van der Waals surface area contributed by atoms with E-state index in [1.807, 2.05) is 65.1 Å². The summed E-state index contributed by atoms with van der Waals surface area (Å²) in [5.41, 5.74) is 4.36. The summed E-state index contributed by atoms with van der Waals surface area (Å²) < 4.78 is 3.58. The van der Waals surface area contributed by atoms with Crippen LogP contribution in [0.5, 0.6) is 0 Å². The van der Waals surface area contributed by atoms with E-state index >= 15 is 0 Å². The normalized spacial score (nSPS) is 14.5. The van der Waals surface area contributed by atoms with E-state index in [4.69, 9.17) is 0 Å². The van der Waals surface area contributed by atoms with Gasteiger partial charge in [-0.05, 0) is 54.2 Å². The number of nitrogens with one attached hydrogen (secondary N) is 1. The Labute approximate surface area is 191 Å². The highest BCUT2D eigenvalue weighted by molar-refractivity contribution is 5.94. The Morgan fingerprint density at radius 3 is 2.58 bits per heavy atom. The van der Waals surface area contributed by atoms with Gasteiger partial charge in [0, 0.05) is 57.0 Å². The summed E-state index contributed by atoms with van der Waals surface area (Å²) in [6.45, 7) is 1.90. The van der Waals surface area contributed by atoms with Gasteiger partial charge in [0.05, 0.1) is 11.8 Å². The molecule has 1 aromatic carbocycles. The average Bonchev–Trinajstić information content (AvgIpc) is 3.51. The van der Waals surface area contributed by atoms with E-state index < -0.39 is 0 Å². The van der Waals surface area contributed by atoms with Crippen molar-refractivity contribution in [3.05, 3.63) is 89.6 Å². The second-order valence-electron chi connectivity index (χ2n) is 8.50. The molecule has 0 atom stereocenters. The number of hydrogen-bond acceptors (Lipinski definition) is 4. The highest BCUT2D eigenvalue weighted by Gasteiger charge is 2.25. The number of benzene rings is 1. The number of aryl methyl sites for hydroxylation is 1. The van der Waals surface area contributed by atoms with Gasteiger partial charge in [0.25, 0.3) is 11.8 Å². The second kappa shape index (κ2) is 8.90. The van der Waals surface area contributed by atoms with Gasteiger partial charge in [-0.15, -0.1) is 0 Å². The number of nitrogens with zero attached hydrogens (tertiary/aromatic N) is 5. The molecule has 5 rings (SSSR count). The molecule has 0 radical (unpaired) electrons. The van der Waals surface area contributed by atoms with Gasteiger partial charge in [-0.25, -0.2) is 4.98 Å². The second-order valence-corrected chi connectivity index (χ2v) is 8.50. The lowest BCUT2D eigenvalue weighted by atomic mass is 9.89. The molecular formula is C25H26N6O2. The van der Waals surface area contributed by atoms with Crippen LogP contribution < -0.4 is 5.32 Å². The third-order valence-electron chi connectivity index (χ3n) is 6.29. The predicted octanol–water partition coefficient (Wildman–Crippen LogP) is 3.02. The lowest BCUT2D eigenvalue weighted by Crippen LogP contribution is -2.37. The van der Waals surface area contributed by atoms with Crippen LogP contribution in [0.15, 0.2) is 67.4 Å². The van der Waals surface area contributed by atoms with E-state index in [-0.39, 0.29) is 11.8 Å². The zero-order valence-corrected chi connectivity index (χ0v) is 18.5. The Morgan fingerprint density at radius 1 is 1.06 bits per heavy atom. The number of aromatic nitrogens is 4. The van der Waals surface area contributed by atoms with Crippen LogP contribution in [0.1, 0.15) is 50.6 Å². The molecule has 8 heteroatoms. The summed E-state index contributed by atoms with van der Waals surface area (Å²) in [4.78, 5) is 31.4. The van der Waals surface area contributed by atoms with Crippen molar-refractivity contribution >= 4 is 17.5 Å². The number of fused-ring (bicyclic) bond motifs is 1. The van der Waals surface area contributed by atoms with Crippen molar-refractivity contribution in [1.82, 2.24) is 29.4 Å². The first-order valence-electron chi connectivity index (χ1n) is 11.1. The van der Waals surface area contributed by atoms with Crippen molar-refractivity contribution in [2.45, 2.75) is 25.3 Å². The van der Waals surface area contributed by atoms with Gasteiger partial charge in [0.1, 0.15) is 5.65 Å². The molecule has 4 heterocycles. The number of carbonyl (C=O) groups is 2. The molecule has 0 bridgehead atoms. The predicted molar refractivity (Wildman–Crippen MR) is 124 cm³/mol. The fraction of sp³-hybridized carbons (Fsp3) is 0.280. The smallest absolute Gasteiger partial charge is 0.257 e. The van der Waals surface area contributed by atoms with Crippen LogP contribution in [0, 0.1) is 0 Å². The van der Waals surface area contributed by atoms with Crippen LogP contribution in [0.4, 0.5) is 0 Å². The summed E-state index contributed by atoms with van der Waals surface area (Å²) in [6.07, 6.45) is 10.8. The molecule has 2 amide bonds. The maximum absolute atomic E-state index is 12.6. The molecule has 1 fully saturated rings. The van der Waals surface area contributed by atoms with Gasteiger partial charge in [-0.3, -0.25) is 14.3 Å². The van der Waals surface area contributed by atoms with Gasteiger partial charge in [0.15, 0.2) is 0 Å². The molecule has 0 aliphatic carbocycles. The zero-order valence-electron chi connectivity index (χ0n) is 18.5. The highest BCUT2D eigenvalue weighted by atomic mass is 16.2. The molecule has 168 valence electrons. The van der Waals surface area contributed by atoms with E-state index in [0.29, 0.717) is 23.6 Å². The Bertz CT molecular complexity index is 1280. The van der Waals surface area contributed by atoms with Gasteiger partial charge < -0.3 is 14.6 Å². The van der Waals surface area contributed by atoms with Crippen molar-refractivity contribution in [2.75, 3.05) is 13.1 Å². The number of piperidine rings is 1. The van der Waals surface area contributed by atoms with Crippen molar-refractivity contribution in [3.8, 4) is 0 Å². The monoisotopic (exact) mass is 442 g/mol. The third-order valence-corrected chi connectivity index (χ3v) is 6.29. The van der Waals surface area contributed by atoms with Crippen LogP contribution in [0.3, 0.4) is 0 Å². The topological polar surface area (TPSA) is 84.5 Å². The fourth-order valence-electron chi connectivity index (χ4n) is 4.38. The van der Waals surface area contributed by atoms with Crippen LogP contribution in [0.25, 0.3) is 5.65 Å². The number of imidazole rings is 1. The van der Waals surface area contributed by atoms with Crippen LogP contribution >= 0.6 is 0 Å². The molecule has 0 saturated carbocycles. The van der Waals surface area contributed by atoms with E-state index in [0.717, 1.165) is 37.1 Å². The molecule has 4 aromatic rings.